The first kappa shape index (κ1) is 17.0. The number of β-lactam (4-membered cyclic amide) rings is 1. The second kappa shape index (κ2) is 6.80. The van der Waals surface area contributed by atoms with Gasteiger partial charge in [0.15, 0.2) is 0 Å². The zero-order valence-corrected chi connectivity index (χ0v) is 15.8. The lowest BCUT2D eigenvalue weighted by Crippen LogP contribution is -2.66. The number of anilines is 1. The van der Waals surface area contributed by atoms with Gasteiger partial charge in [0.05, 0.1) is 6.04 Å². The smallest absolute Gasteiger partial charge is 0.411 e. The monoisotopic (exact) mass is 390 g/mol. The summed E-state index contributed by atoms with van der Waals surface area (Å²) in [6.07, 6.45) is -0.429. The molecule has 5 nitrogen and oxygen atoms in total. The second-order valence-electron chi connectivity index (χ2n) is 6.86. The summed E-state index contributed by atoms with van der Waals surface area (Å²) in [6, 6.07) is 22.3. The van der Waals surface area contributed by atoms with Crippen molar-refractivity contribution in [2.75, 3.05) is 11.5 Å². The highest BCUT2D eigenvalue weighted by molar-refractivity contribution is 7.10. The average molecular weight is 390 g/mol. The van der Waals surface area contributed by atoms with Gasteiger partial charge in [-0.2, -0.15) is 0 Å². The molecule has 2 aromatic carbocycles. The summed E-state index contributed by atoms with van der Waals surface area (Å²) in [4.78, 5) is 30.4. The molecule has 3 heterocycles. The molecule has 0 radical (unpaired) electrons. The van der Waals surface area contributed by atoms with Gasteiger partial charge in [-0.05, 0) is 29.1 Å². The van der Waals surface area contributed by atoms with Crippen LogP contribution in [0.15, 0.2) is 78.2 Å². The van der Waals surface area contributed by atoms with Crippen LogP contribution in [0.5, 0.6) is 0 Å². The van der Waals surface area contributed by atoms with Gasteiger partial charge in [0.2, 0.25) is 0 Å². The highest BCUT2D eigenvalue weighted by Crippen LogP contribution is 2.46. The zero-order chi connectivity index (χ0) is 19.1. The Bertz CT molecular complexity index is 991. The maximum absolute atomic E-state index is 13.3. The molecule has 2 fully saturated rings. The first-order valence-electron chi connectivity index (χ1n) is 9.17. The van der Waals surface area contributed by atoms with Crippen LogP contribution in [-0.2, 0) is 9.53 Å². The number of hydrogen-bond acceptors (Lipinski definition) is 4. The van der Waals surface area contributed by atoms with Crippen molar-refractivity contribution < 1.29 is 14.3 Å². The van der Waals surface area contributed by atoms with E-state index >= 15 is 0 Å². The molecule has 0 aliphatic carbocycles. The fourth-order valence-corrected chi connectivity index (χ4v) is 4.88. The number of hydrogen-bond donors (Lipinski definition) is 0. The molecule has 28 heavy (non-hydrogen) atoms. The summed E-state index contributed by atoms with van der Waals surface area (Å²) in [5.74, 6) is -0.0793. The minimum absolute atomic E-state index is 0.0793. The van der Waals surface area contributed by atoms with Crippen molar-refractivity contribution in [1.29, 1.82) is 0 Å². The van der Waals surface area contributed by atoms with Crippen LogP contribution in [0, 0.1) is 0 Å². The Labute approximate surface area is 166 Å². The fourth-order valence-electron chi connectivity index (χ4n) is 4.04. The molecular weight excluding hydrogens is 372 g/mol. The van der Waals surface area contributed by atoms with Crippen molar-refractivity contribution in [3.05, 3.63) is 88.6 Å². The maximum Gasteiger partial charge on any atom is 0.411 e. The molecule has 2 saturated heterocycles. The number of benzene rings is 2. The SMILES string of the molecule is O=C1[C@H](N2C(=O)OC[C@H]2c2ccccc2)[C@H](c2cccs2)N1c1ccccc1. The number of ether oxygens (including phenoxy) is 1. The number of cyclic esters (lactones) is 1. The minimum Gasteiger partial charge on any atom is -0.447 e. The largest absolute Gasteiger partial charge is 0.447 e. The van der Waals surface area contributed by atoms with E-state index in [9.17, 15) is 9.59 Å². The predicted molar refractivity (Wildman–Crippen MR) is 107 cm³/mol. The third kappa shape index (κ3) is 2.60. The van der Waals surface area contributed by atoms with Crippen molar-refractivity contribution in [2.24, 2.45) is 0 Å². The fraction of sp³-hybridized carbons (Fsp3) is 0.182. The van der Waals surface area contributed by atoms with Gasteiger partial charge in [-0.15, -0.1) is 11.3 Å². The minimum atomic E-state index is -0.570. The molecule has 5 rings (SSSR count). The van der Waals surface area contributed by atoms with E-state index < -0.39 is 12.1 Å². The third-order valence-corrected chi connectivity index (χ3v) is 6.28. The lowest BCUT2D eigenvalue weighted by Gasteiger charge is -2.50. The van der Waals surface area contributed by atoms with Crippen LogP contribution in [0.4, 0.5) is 10.5 Å². The lowest BCUT2D eigenvalue weighted by atomic mass is 9.89. The highest BCUT2D eigenvalue weighted by Gasteiger charge is 2.57. The number of rotatable bonds is 4. The van der Waals surface area contributed by atoms with Crippen LogP contribution in [0.2, 0.25) is 0 Å². The Morgan fingerprint density at radius 2 is 1.57 bits per heavy atom. The summed E-state index contributed by atoms with van der Waals surface area (Å²) >= 11 is 1.60. The van der Waals surface area contributed by atoms with Gasteiger partial charge in [-0.3, -0.25) is 14.6 Å². The molecule has 3 aromatic rings. The number of carbonyl (C=O) groups is 2. The average Bonchev–Trinajstić information content (AvgIpc) is 3.38. The standard InChI is InChI=1S/C22H18N2O3S/c25-21-20(24-17(14-27-22(24)26)15-8-3-1-4-9-15)19(18-12-7-13-28-18)23(21)16-10-5-2-6-11-16/h1-13,17,19-20H,14H2/t17-,19-,20+/m0/s1. The van der Waals surface area contributed by atoms with Crippen LogP contribution in [0.25, 0.3) is 0 Å². The van der Waals surface area contributed by atoms with Crippen molar-refractivity contribution in [3.63, 3.8) is 0 Å². The summed E-state index contributed by atoms with van der Waals surface area (Å²) in [5.41, 5.74) is 1.82. The van der Waals surface area contributed by atoms with Gasteiger partial charge in [0.25, 0.3) is 5.91 Å². The molecule has 1 aromatic heterocycles. The van der Waals surface area contributed by atoms with E-state index in [1.54, 1.807) is 21.1 Å². The Balaban J connectivity index is 1.54. The van der Waals surface area contributed by atoms with Gasteiger partial charge in [-0.25, -0.2) is 4.79 Å². The van der Waals surface area contributed by atoms with Gasteiger partial charge in [0.1, 0.15) is 18.7 Å². The van der Waals surface area contributed by atoms with Gasteiger partial charge >= 0.3 is 6.09 Å². The summed E-state index contributed by atoms with van der Waals surface area (Å²) in [7, 11) is 0. The molecule has 3 atom stereocenters. The molecule has 6 heteroatoms. The molecule has 0 saturated carbocycles. The third-order valence-electron chi connectivity index (χ3n) is 5.33. The molecule has 0 N–H and O–H groups in total. The molecule has 2 amide bonds. The molecule has 2 aliphatic rings. The molecule has 0 unspecified atom stereocenters. The van der Waals surface area contributed by atoms with E-state index in [2.05, 4.69) is 0 Å². The summed E-state index contributed by atoms with van der Waals surface area (Å²) < 4.78 is 5.36. The summed E-state index contributed by atoms with van der Waals surface area (Å²) in [6.45, 7) is 0.259. The Morgan fingerprint density at radius 1 is 0.857 bits per heavy atom. The van der Waals surface area contributed by atoms with Crippen LogP contribution >= 0.6 is 11.3 Å². The van der Waals surface area contributed by atoms with Crippen LogP contribution in [-0.4, -0.2) is 29.5 Å². The first-order valence-corrected chi connectivity index (χ1v) is 10.1. The number of para-hydroxylation sites is 1. The van der Waals surface area contributed by atoms with E-state index in [4.69, 9.17) is 4.74 Å². The van der Waals surface area contributed by atoms with Crippen molar-refractivity contribution in [2.45, 2.75) is 18.1 Å². The topological polar surface area (TPSA) is 49.9 Å². The Kier molecular flexibility index (Phi) is 4.13. The van der Waals surface area contributed by atoms with E-state index in [-0.39, 0.29) is 24.6 Å². The van der Waals surface area contributed by atoms with Gasteiger partial charge in [-0.1, -0.05) is 54.6 Å². The Hall–Kier alpha value is -3.12. The van der Waals surface area contributed by atoms with Gasteiger partial charge in [0, 0.05) is 10.6 Å². The predicted octanol–water partition coefficient (Wildman–Crippen LogP) is 4.40. The number of thiophene rings is 1. The van der Waals surface area contributed by atoms with Crippen molar-refractivity contribution >= 4 is 29.0 Å². The van der Waals surface area contributed by atoms with E-state index in [0.29, 0.717) is 0 Å². The van der Waals surface area contributed by atoms with Crippen molar-refractivity contribution in [3.8, 4) is 0 Å². The molecule has 0 bridgehead atoms. The second-order valence-corrected chi connectivity index (χ2v) is 7.84. The first-order chi connectivity index (χ1) is 13.8. The maximum atomic E-state index is 13.3. The number of amides is 2. The van der Waals surface area contributed by atoms with Crippen LogP contribution < -0.4 is 4.90 Å². The summed E-state index contributed by atoms with van der Waals surface area (Å²) in [5, 5.41) is 2.00. The van der Waals surface area contributed by atoms with E-state index in [1.165, 1.54) is 0 Å². The van der Waals surface area contributed by atoms with Crippen LogP contribution in [0.1, 0.15) is 22.5 Å². The van der Waals surface area contributed by atoms with Crippen LogP contribution in [0.3, 0.4) is 0 Å². The molecule has 140 valence electrons. The molecule has 0 spiro atoms. The normalized spacial score (nSPS) is 24.2. The van der Waals surface area contributed by atoms with Gasteiger partial charge < -0.3 is 4.74 Å². The van der Waals surface area contributed by atoms with E-state index in [0.717, 1.165) is 16.1 Å². The number of carbonyl (C=O) groups excluding carboxylic acids is 2. The highest BCUT2D eigenvalue weighted by atomic mass is 32.1. The Morgan fingerprint density at radius 3 is 2.25 bits per heavy atom. The zero-order valence-electron chi connectivity index (χ0n) is 15.0. The number of nitrogens with zero attached hydrogens (tertiary/aromatic N) is 2. The lowest BCUT2D eigenvalue weighted by molar-refractivity contribution is -0.131. The quantitative estimate of drug-likeness (QED) is 0.621. The van der Waals surface area contributed by atoms with Crippen molar-refractivity contribution in [1.82, 2.24) is 4.90 Å². The van der Waals surface area contributed by atoms with E-state index in [1.807, 2.05) is 78.2 Å². The molecule has 2 aliphatic heterocycles. The molecular formula is C22H18N2O3S.